The van der Waals surface area contributed by atoms with Crippen LogP contribution >= 0.6 is 34.4 Å². The predicted octanol–water partition coefficient (Wildman–Crippen LogP) is 34.8. The van der Waals surface area contributed by atoms with E-state index in [2.05, 4.69) is 295 Å². The van der Waals surface area contributed by atoms with Crippen LogP contribution in [0.15, 0.2) is 229 Å². The normalized spacial score (nSPS) is 13.9. The van der Waals surface area contributed by atoms with Gasteiger partial charge in [-0.15, -0.1) is 22.7 Å². The lowest BCUT2D eigenvalue weighted by atomic mass is 9.69. The Hall–Kier alpha value is -9.10. The molecule has 2 nitrogen and oxygen atoms in total. The number of rotatable bonds is 40. The van der Waals surface area contributed by atoms with Crippen molar-refractivity contribution in [3.8, 4) is 100 Å². The molecule has 0 amide bonds. The van der Waals surface area contributed by atoms with Crippen LogP contribution in [0.3, 0.4) is 0 Å². The van der Waals surface area contributed by atoms with E-state index in [1.807, 2.05) is 22.7 Å². The number of nitrogens with zero attached hydrogens (tertiary/aromatic N) is 2. The summed E-state index contributed by atoms with van der Waals surface area (Å²) in [4.78, 5) is 2.52. The van der Waals surface area contributed by atoms with Crippen LogP contribution in [0.25, 0.3) is 135 Å². The van der Waals surface area contributed by atoms with Gasteiger partial charge in [0.05, 0.1) is 11.7 Å². The zero-order valence-electron chi connectivity index (χ0n) is 70.1. The van der Waals surface area contributed by atoms with Crippen LogP contribution in [-0.4, -0.2) is 8.75 Å². The van der Waals surface area contributed by atoms with Crippen LogP contribution in [-0.2, 0) is 16.2 Å². The molecule has 13 aromatic rings. The monoisotopic (exact) mass is 1580 g/mol. The molecular weight excluding hydrogens is 1460 g/mol. The first-order chi connectivity index (χ1) is 57.2. The fraction of sp³-hybridized carbons (Fsp3) is 0.351. The highest BCUT2D eigenvalue weighted by molar-refractivity contribution is 7.11. The molecule has 5 heteroatoms. The highest BCUT2D eigenvalue weighted by Crippen LogP contribution is 2.61. The number of thiophene rings is 2. The molecule has 0 bridgehead atoms. The van der Waals surface area contributed by atoms with E-state index in [9.17, 15) is 0 Å². The van der Waals surface area contributed by atoms with Gasteiger partial charge in [0.25, 0.3) is 0 Å². The van der Waals surface area contributed by atoms with E-state index < -0.39 is 0 Å². The van der Waals surface area contributed by atoms with Crippen LogP contribution < -0.4 is 0 Å². The standard InChI is InChI=1S/C111H120N2S3/c1-7-13-19-31-63-109(64-32-20-14-8-2)101-73-81(79-39-27-25-28-40-79)47-55-93(101)94-56-48-82(74-102(94)109)83-49-57-95-97-59-51-87(77-105(97)110(103(95)75-83,65-33-21-15-9-3)66-34-22-16-10-4)99-71-85(46-54-90-44-38-70-115-90)100(72-84(99)45-53-89-43-37-69-114-89)88-52-60-98-96-58-50-86(92-62-61-91(80-41-29-26-30-42-80)107-108(92)113-116-112-107)76-104(96)111(106(98)78-88,67-35-23-17-11-5)68-36-24-18-12-6/h25-30,37-62,69-78H,7-24,31-36,63-68H2,1-6H3/b53-45+,54-46+. The lowest BCUT2D eigenvalue weighted by molar-refractivity contribution is 0.401. The molecule has 592 valence electrons. The van der Waals surface area contributed by atoms with Gasteiger partial charge in [-0.25, -0.2) is 0 Å². The molecule has 116 heavy (non-hydrogen) atoms. The van der Waals surface area contributed by atoms with Crippen molar-refractivity contribution in [2.45, 2.75) is 250 Å². The zero-order valence-corrected chi connectivity index (χ0v) is 72.5. The summed E-state index contributed by atoms with van der Waals surface area (Å²) in [6.45, 7) is 14.2. The number of hydrogen-bond acceptors (Lipinski definition) is 5. The minimum Gasteiger partial charge on any atom is -0.172 e. The van der Waals surface area contributed by atoms with Gasteiger partial charge in [0.15, 0.2) is 0 Å². The molecule has 3 aliphatic carbocycles. The van der Waals surface area contributed by atoms with Crippen molar-refractivity contribution in [1.82, 2.24) is 8.75 Å². The molecule has 0 N–H and O–H groups in total. The summed E-state index contributed by atoms with van der Waals surface area (Å²) in [5.74, 6) is 0. The fourth-order valence-electron chi connectivity index (χ4n) is 20.7. The molecule has 16 rings (SSSR count). The predicted molar refractivity (Wildman–Crippen MR) is 508 cm³/mol. The largest absolute Gasteiger partial charge is 0.172 e. The Bertz CT molecular complexity index is 5490. The number of aromatic nitrogens is 2. The maximum absolute atomic E-state index is 5.07. The van der Waals surface area contributed by atoms with Gasteiger partial charge >= 0.3 is 0 Å². The molecule has 3 heterocycles. The third-order valence-electron chi connectivity index (χ3n) is 26.9. The Morgan fingerprint density at radius 1 is 0.233 bits per heavy atom. The summed E-state index contributed by atoms with van der Waals surface area (Å²) in [6.07, 6.45) is 46.4. The first-order valence-corrected chi connectivity index (χ1v) is 47.6. The van der Waals surface area contributed by atoms with Crippen LogP contribution in [0, 0.1) is 0 Å². The third kappa shape index (κ3) is 16.5. The Morgan fingerprint density at radius 2 is 0.509 bits per heavy atom. The Morgan fingerprint density at radius 3 is 0.819 bits per heavy atom. The van der Waals surface area contributed by atoms with Crippen LogP contribution in [0.2, 0.25) is 0 Å². The van der Waals surface area contributed by atoms with Gasteiger partial charge in [0.1, 0.15) is 11.0 Å². The molecule has 0 spiro atoms. The number of unbranched alkanes of at least 4 members (excludes halogenated alkanes) is 18. The Balaban J connectivity index is 0.841. The van der Waals surface area contributed by atoms with Crippen molar-refractivity contribution in [3.63, 3.8) is 0 Å². The van der Waals surface area contributed by atoms with Crippen molar-refractivity contribution in [2.75, 3.05) is 0 Å². The molecule has 10 aromatic carbocycles. The van der Waals surface area contributed by atoms with E-state index in [0.717, 1.165) is 47.8 Å². The van der Waals surface area contributed by atoms with E-state index in [1.165, 1.54) is 305 Å². The minimum atomic E-state index is -0.173. The molecule has 0 saturated heterocycles. The molecular formula is C111H120N2S3. The van der Waals surface area contributed by atoms with Crippen molar-refractivity contribution in [2.24, 2.45) is 0 Å². The van der Waals surface area contributed by atoms with E-state index in [0.29, 0.717) is 0 Å². The van der Waals surface area contributed by atoms with Gasteiger partial charge < -0.3 is 0 Å². The van der Waals surface area contributed by atoms with Crippen molar-refractivity contribution >= 4 is 69.7 Å². The second-order valence-corrected chi connectivity index (χ2v) is 36.7. The molecule has 0 saturated carbocycles. The average molecular weight is 1580 g/mol. The summed E-state index contributed by atoms with van der Waals surface area (Å²) < 4.78 is 10.1. The zero-order chi connectivity index (χ0) is 79.3. The van der Waals surface area contributed by atoms with E-state index in [4.69, 9.17) is 8.75 Å². The summed E-state index contributed by atoms with van der Waals surface area (Å²) in [5, 5.41) is 4.44. The highest BCUT2D eigenvalue weighted by atomic mass is 32.1. The Kier molecular flexibility index (Phi) is 26.2. The highest BCUT2D eigenvalue weighted by Gasteiger charge is 2.46. The fourth-order valence-corrected chi connectivity index (χ4v) is 22.6. The van der Waals surface area contributed by atoms with E-state index >= 15 is 0 Å². The smallest absolute Gasteiger partial charge is 0.113 e. The van der Waals surface area contributed by atoms with Gasteiger partial charge in [-0.3, -0.25) is 0 Å². The molecule has 0 aliphatic heterocycles. The second-order valence-electron chi connectivity index (χ2n) is 34.3. The van der Waals surface area contributed by atoms with Crippen LogP contribution in [0.1, 0.15) is 288 Å². The number of benzene rings is 10. The second kappa shape index (κ2) is 37.7. The molecule has 0 fully saturated rings. The SMILES string of the molecule is CCCCCCC1(CCCCCC)c2cc(-c3ccccc3)ccc2-c2ccc(-c3ccc4c(c3)C(CCCCCC)(CCCCCC)c3cc(-c5cc(/C=C/c6cccs6)c(-c6ccc7c(c6)C(CCCCCC)(CCCCCC)c6cc(-c8ccc(-c9ccccc9)c9nsnc89)ccc6-7)cc5/C=C/c5cccs5)ccc3-4)cc21. The third-order valence-corrected chi connectivity index (χ3v) is 29.1. The van der Waals surface area contributed by atoms with Crippen LogP contribution in [0.5, 0.6) is 0 Å². The van der Waals surface area contributed by atoms with Crippen molar-refractivity contribution < 1.29 is 0 Å². The van der Waals surface area contributed by atoms with E-state index in [-0.39, 0.29) is 16.2 Å². The lowest BCUT2D eigenvalue weighted by Gasteiger charge is -2.34. The first kappa shape index (κ1) is 80.7. The van der Waals surface area contributed by atoms with Gasteiger partial charge in [-0.1, -0.05) is 366 Å². The van der Waals surface area contributed by atoms with Gasteiger partial charge in [0, 0.05) is 37.1 Å². The van der Waals surface area contributed by atoms with Crippen molar-refractivity contribution in [3.05, 3.63) is 283 Å². The first-order valence-electron chi connectivity index (χ1n) is 45.1. The lowest BCUT2D eigenvalue weighted by Crippen LogP contribution is -2.26. The number of fused-ring (bicyclic) bond motifs is 10. The maximum atomic E-state index is 5.07. The van der Waals surface area contributed by atoms with E-state index in [1.54, 1.807) is 16.7 Å². The molecule has 0 radical (unpaired) electrons. The quantitative estimate of drug-likeness (QED) is 0.0358. The summed E-state index contributed by atoms with van der Waals surface area (Å²) >= 11 is 4.96. The number of hydrogen-bond donors (Lipinski definition) is 0. The van der Waals surface area contributed by atoms with Gasteiger partial charge in [-0.05, 0) is 256 Å². The van der Waals surface area contributed by atoms with Gasteiger partial charge in [-0.2, -0.15) is 8.75 Å². The summed E-state index contributed by atoms with van der Waals surface area (Å²) in [7, 11) is 0. The maximum Gasteiger partial charge on any atom is 0.113 e. The van der Waals surface area contributed by atoms with Crippen LogP contribution in [0.4, 0.5) is 0 Å². The topological polar surface area (TPSA) is 25.8 Å². The van der Waals surface area contributed by atoms with Gasteiger partial charge in [0.2, 0.25) is 0 Å². The molecule has 0 unspecified atom stereocenters. The molecule has 3 aliphatic rings. The molecule has 3 aromatic heterocycles. The minimum absolute atomic E-state index is 0.0487. The summed E-state index contributed by atoms with van der Waals surface area (Å²) in [5.41, 5.74) is 37.1. The average Bonchev–Trinajstić information content (AvgIpc) is 1.56. The molecule has 0 atom stereocenters. The summed E-state index contributed by atoms with van der Waals surface area (Å²) in [6, 6.07) is 86.7. The Labute approximate surface area is 707 Å². The van der Waals surface area contributed by atoms with Crippen molar-refractivity contribution in [1.29, 1.82) is 0 Å².